The van der Waals surface area contributed by atoms with E-state index in [0.717, 1.165) is 21.4 Å². The van der Waals surface area contributed by atoms with Crippen LogP contribution in [-0.2, 0) is 11.3 Å². The molecule has 0 saturated heterocycles. The Labute approximate surface area is 218 Å². The van der Waals surface area contributed by atoms with E-state index in [0.29, 0.717) is 40.2 Å². The maximum absolute atomic E-state index is 14.6. The first-order valence-corrected chi connectivity index (χ1v) is 12.7. The maximum Gasteiger partial charge on any atom is 0.241 e. The number of ether oxygens (including phenoxy) is 3. The highest BCUT2D eigenvalue weighted by Gasteiger charge is 2.37. The van der Waals surface area contributed by atoms with Crippen molar-refractivity contribution < 1.29 is 19.0 Å². The molecule has 0 atom stereocenters. The number of aromatic nitrogens is 1. The van der Waals surface area contributed by atoms with Gasteiger partial charge in [-0.25, -0.2) is 4.98 Å². The minimum Gasteiger partial charge on any atom is -0.495 e. The molecule has 0 saturated carbocycles. The molecule has 37 heavy (non-hydrogen) atoms. The summed E-state index contributed by atoms with van der Waals surface area (Å²) < 4.78 is 18.2. The minimum absolute atomic E-state index is 0.0796. The second-order valence-corrected chi connectivity index (χ2v) is 9.64. The van der Waals surface area contributed by atoms with Crippen molar-refractivity contribution in [2.24, 2.45) is 0 Å². The molecule has 1 amide bonds. The lowest BCUT2D eigenvalue weighted by Crippen LogP contribution is -2.36. The van der Waals surface area contributed by atoms with Gasteiger partial charge in [-0.05, 0) is 29.8 Å². The van der Waals surface area contributed by atoms with Crippen LogP contribution in [0.1, 0.15) is 22.6 Å². The zero-order valence-corrected chi connectivity index (χ0v) is 21.2. The predicted octanol–water partition coefficient (Wildman–Crippen LogP) is 6.78. The van der Waals surface area contributed by atoms with E-state index < -0.39 is 5.92 Å². The lowest BCUT2D eigenvalue weighted by Gasteiger charge is -2.31. The summed E-state index contributed by atoms with van der Waals surface area (Å²) in [5.74, 6) is 2.07. The maximum atomic E-state index is 14.6. The Morgan fingerprint density at radius 1 is 0.838 bits per heavy atom. The molecule has 1 aromatic heterocycles. The Hall–Kier alpha value is -4.36. The van der Waals surface area contributed by atoms with Crippen molar-refractivity contribution in [2.75, 3.05) is 19.1 Å². The Kier molecular flexibility index (Phi) is 5.98. The Bertz CT molecular complexity index is 1510. The van der Waals surface area contributed by atoms with Gasteiger partial charge in [-0.3, -0.25) is 9.69 Å². The third-order valence-electron chi connectivity index (χ3n) is 6.51. The van der Waals surface area contributed by atoms with Gasteiger partial charge in [0.25, 0.3) is 0 Å². The highest BCUT2D eigenvalue weighted by molar-refractivity contribution is 7.22. The molecule has 0 fully saturated rings. The fourth-order valence-corrected chi connectivity index (χ4v) is 5.81. The van der Waals surface area contributed by atoms with Crippen LogP contribution in [0, 0.1) is 0 Å². The fraction of sp³-hybridized carbons (Fsp3) is 0.133. The van der Waals surface area contributed by atoms with E-state index >= 15 is 0 Å². The fourth-order valence-electron chi connectivity index (χ4n) is 4.73. The number of anilines is 1. The van der Waals surface area contributed by atoms with Crippen LogP contribution in [0.2, 0.25) is 0 Å². The predicted molar refractivity (Wildman–Crippen MR) is 145 cm³/mol. The first kappa shape index (κ1) is 23.1. The van der Waals surface area contributed by atoms with Gasteiger partial charge >= 0.3 is 0 Å². The van der Waals surface area contributed by atoms with Crippen LogP contribution in [0.4, 0.5) is 5.13 Å². The number of hydrogen-bond acceptors (Lipinski definition) is 6. The molecular weight excluding hydrogens is 484 g/mol. The lowest BCUT2D eigenvalue weighted by molar-refractivity contribution is -0.119. The molecular formula is C30H24N2O4S. The number of methoxy groups -OCH3 is 2. The van der Waals surface area contributed by atoms with Gasteiger partial charge in [-0.15, -0.1) is 0 Å². The summed E-state index contributed by atoms with van der Waals surface area (Å²) in [6.07, 6.45) is 0. The monoisotopic (exact) mass is 508 g/mol. The third kappa shape index (κ3) is 4.07. The summed E-state index contributed by atoms with van der Waals surface area (Å²) in [7, 11) is 3.24. The summed E-state index contributed by atoms with van der Waals surface area (Å²) in [5.41, 5.74) is 3.34. The zero-order chi connectivity index (χ0) is 25.4. The Morgan fingerprint density at radius 2 is 1.43 bits per heavy atom. The van der Waals surface area contributed by atoms with Crippen molar-refractivity contribution in [2.45, 2.75) is 12.5 Å². The van der Waals surface area contributed by atoms with Crippen molar-refractivity contribution in [3.05, 3.63) is 108 Å². The molecule has 184 valence electrons. The van der Waals surface area contributed by atoms with Gasteiger partial charge in [-0.2, -0.15) is 0 Å². The normalized spacial score (nSPS) is 12.4. The molecule has 6 rings (SSSR count). The van der Waals surface area contributed by atoms with Gasteiger partial charge in [0.1, 0.15) is 33.2 Å². The van der Waals surface area contributed by atoms with Crippen LogP contribution in [0.5, 0.6) is 23.0 Å². The summed E-state index contributed by atoms with van der Waals surface area (Å²) in [6, 6.07) is 29.1. The number of benzene rings is 4. The highest BCUT2D eigenvalue weighted by Crippen LogP contribution is 2.46. The molecule has 0 unspecified atom stereocenters. The van der Waals surface area contributed by atoms with Crippen molar-refractivity contribution >= 4 is 32.6 Å². The molecule has 0 radical (unpaired) electrons. The van der Waals surface area contributed by atoms with Gasteiger partial charge in [0.05, 0.1) is 26.7 Å². The van der Waals surface area contributed by atoms with E-state index in [1.807, 2.05) is 91.0 Å². The largest absolute Gasteiger partial charge is 0.495 e. The summed E-state index contributed by atoms with van der Waals surface area (Å²) in [6.45, 7) is 0.367. The molecule has 0 N–H and O–H groups in total. The zero-order valence-electron chi connectivity index (χ0n) is 20.4. The van der Waals surface area contributed by atoms with Crippen molar-refractivity contribution in [3.63, 3.8) is 0 Å². The second-order valence-electron chi connectivity index (χ2n) is 8.66. The Morgan fingerprint density at radius 3 is 2.08 bits per heavy atom. The molecule has 1 aliphatic rings. The van der Waals surface area contributed by atoms with E-state index in [2.05, 4.69) is 0 Å². The molecule has 5 aromatic rings. The van der Waals surface area contributed by atoms with Gasteiger partial charge in [-0.1, -0.05) is 78.1 Å². The smallest absolute Gasteiger partial charge is 0.241 e. The van der Waals surface area contributed by atoms with Gasteiger partial charge in [0.2, 0.25) is 5.91 Å². The molecule has 4 aromatic carbocycles. The first-order valence-electron chi connectivity index (χ1n) is 11.9. The highest BCUT2D eigenvalue weighted by atomic mass is 32.1. The van der Waals surface area contributed by atoms with E-state index in [4.69, 9.17) is 19.2 Å². The van der Waals surface area contributed by atoms with Crippen LogP contribution in [0.3, 0.4) is 0 Å². The number of hydrogen-bond donors (Lipinski definition) is 0. The molecule has 0 aliphatic carbocycles. The molecule has 1 aliphatic heterocycles. The quantitative estimate of drug-likeness (QED) is 0.253. The number of thiazole rings is 1. The van der Waals surface area contributed by atoms with Crippen LogP contribution in [-0.4, -0.2) is 25.1 Å². The average Bonchev–Trinajstić information content (AvgIpc) is 3.39. The molecule has 0 spiro atoms. The topological polar surface area (TPSA) is 60.9 Å². The van der Waals surface area contributed by atoms with Crippen LogP contribution < -0.4 is 19.1 Å². The minimum atomic E-state index is -0.541. The first-order chi connectivity index (χ1) is 18.2. The summed E-state index contributed by atoms with van der Waals surface area (Å²) in [5, 5.41) is 0.577. The van der Waals surface area contributed by atoms with Crippen LogP contribution in [0.15, 0.2) is 91.0 Å². The van der Waals surface area contributed by atoms with Crippen LogP contribution >= 0.6 is 11.3 Å². The van der Waals surface area contributed by atoms with Gasteiger partial charge in [0, 0.05) is 11.1 Å². The Balaban J connectivity index is 1.52. The molecule has 0 bridgehead atoms. The SMILES string of the molecule is COc1ccc(OC)c2sc(N(Cc3ccccc3)C(=O)C3c4ccccc4Oc4ccccc43)nc12. The van der Waals surface area contributed by atoms with E-state index in [1.165, 1.54) is 11.3 Å². The standard InChI is InChI=1S/C30H24N2O4S/c1-34-24-16-17-25(35-2)28-27(24)31-30(37-28)32(18-19-10-4-3-5-11-19)29(33)26-20-12-6-8-14-22(20)36-23-15-9-7-13-21(23)26/h3-17,26H,18H2,1-2H3. The molecule has 6 nitrogen and oxygen atoms in total. The third-order valence-corrected chi connectivity index (χ3v) is 7.60. The summed E-state index contributed by atoms with van der Waals surface area (Å²) >= 11 is 1.42. The number of fused-ring (bicyclic) bond motifs is 3. The van der Waals surface area contributed by atoms with E-state index in [9.17, 15) is 4.79 Å². The number of carbonyl (C=O) groups is 1. The summed E-state index contributed by atoms with van der Waals surface area (Å²) in [4.78, 5) is 21.3. The average molecular weight is 509 g/mol. The van der Waals surface area contributed by atoms with Gasteiger partial charge < -0.3 is 14.2 Å². The molecule has 2 heterocycles. The van der Waals surface area contributed by atoms with Gasteiger partial charge in [0.15, 0.2) is 5.13 Å². The number of rotatable bonds is 6. The van der Waals surface area contributed by atoms with E-state index in [1.54, 1.807) is 19.1 Å². The van der Waals surface area contributed by atoms with Crippen molar-refractivity contribution in [1.29, 1.82) is 0 Å². The lowest BCUT2D eigenvalue weighted by atomic mass is 9.87. The second kappa shape index (κ2) is 9.59. The number of carbonyl (C=O) groups excluding carboxylic acids is 1. The van der Waals surface area contributed by atoms with E-state index in [-0.39, 0.29) is 5.91 Å². The number of para-hydroxylation sites is 2. The van der Waals surface area contributed by atoms with Crippen molar-refractivity contribution in [3.8, 4) is 23.0 Å². The van der Waals surface area contributed by atoms with Crippen molar-refractivity contribution in [1.82, 2.24) is 4.98 Å². The number of amides is 1. The van der Waals surface area contributed by atoms with Crippen LogP contribution in [0.25, 0.3) is 10.2 Å². The number of nitrogens with zero attached hydrogens (tertiary/aromatic N) is 2. The molecule has 7 heteroatoms.